The Morgan fingerprint density at radius 1 is 1.88 bits per heavy atom. The summed E-state index contributed by atoms with van der Waals surface area (Å²) in [7, 11) is 0. The highest BCUT2D eigenvalue weighted by molar-refractivity contribution is 5.90. The Balaban J connectivity index is 3.62. The van der Waals surface area contributed by atoms with Crippen LogP contribution in [0.1, 0.15) is 20.3 Å². The van der Waals surface area contributed by atoms with Crippen molar-refractivity contribution in [3.63, 3.8) is 0 Å². The van der Waals surface area contributed by atoms with Crippen LogP contribution >= 0.6 is 0 Å². The van der Waals surface area contributed by atoms with Gasteiger partial charge in [-0.15, -0.1) is 0 Å². The number of hydrogen-bond donors (Lipinski definition) is 0. The van der Waals surface area contributed by atoms with Gasteiger partial charge in [-0.1, -0.05) is 20.4 Å². The summed E-state index contributed by atoms with van der Waals surface area (Å²) in [5.41, 5.74) is 0. The lowest BCUT2D eigenvalue weighted by molar-refractivity contribution is -0.117. The summed E-state index contributed by atoms with van der Waals surface area (Å²) in [5.74, 6) is 0.306. The molecule has 0 radical (unpaired) electrons. The lowest BCUT2D eigenvalue weighted by Crippen LogP contribution is -2.04. The van der Waals surface area contributed by atoms with Crippen molar-refractivity contribution in [1.82, 2.24) is 0 Å². The van der Waals surface area contributed by atoms with Crippen molar-refractivity contribution < 1.29 is 4.79 Å². The SMILES string of the molecule is C=CC(=O)[C@H](C)CC. The van der Waals surface area contributed by atoms with E-state index in [1.165, 1.54) is 6.08 Å². The van der Waals surface area contributed by atoms with Gasteiger partial charge in [-0.25, -0.2) is 0 Å². The molecule has 1 atom stereocenters. The Hall–Kier alpha value is -0.590. The third kappa shape index (κ3) is 1.92. The molecule has 1 nitrogen and oxygen atoms in total. The zero-order chi connectivity index (χ0) is 6.57. The molecule has 46 valence electrons. The van der Waals surface area contributed by atoms with Crippen molar-refractivity contribution in [3.05, 3.63) is 12.7 Å². The third-order valence-corrected chi connectivity index (χ3v) is 1.30. The summed E-state index contributed by atoms with van der Waals surface area (Å²) < 4.78 is 0. The van der Waals surface area contributed by atoms with E-state index >= 15 is 0 Å². The van der Waals surface area contributed by atoms with Crippen LogP contribution in [-0.2, 0) is 4.79 Å². The highest BCUT2D eigenvalue weighted by Crippen LogP contribution is 2.01. The first-order chi connectivity index (χ1) is 3.72. The van der Waals surface area contributed by atoms with Crippen LogP contribution in [0.2, 0.25) is 0 Å². The van der Waals surface area contributed by atoms with E-state index in [0.29, 0.717) is 0 Å². The number of hydrogen-bond acceptors (Lipinski definition) is 1. The standard InChI is InChI=1S/C7H12O/c1-4-6(3)7(8)5-2/h5-6H,2,4H2,1,3H3/t6-/m1/s1. The minimum absolute atomic E-state index is 0.146. The largest absolute Gasteiger partial charge is 0.295 e. The van der Waals surface area contributed by atoms with Gasteiger partial charge < -0.3 is 0 Å². The average molecular weight is 112 g/mol. The molecule has 0 saturated carbocycles. The fraction of sp³-hybridized carbons (Fsp3) is 0.571. The Kier molecular flexibility index (Phi) is 3.16. The first-order valence-corrected chi connectivity index (χ1v) is 2.88. The molecule has 0 aliphatic carbocycles. The maximum absolute atomic E-state index is 10.6. The Labute approximate surface area is 50.4 Å². The number of rotatable bonds is 3. The molecule has 0 aliphatic heterocycles. The van der Waals surface area contributed by atoms with Crippen molar-refractivity contribution in [2.75, 3.05) is 0 Å². The van der Waals surface area contributed by atoms with Gasteiger partial charge in [0.25, 0.3) is 0 Å². The van der Waals surface area contributed by atoms with Crippen LogP contribution in [0, 0.1) is 5.92 Å². The molecule has 0 fully saturated rings. The molecule has 0 aromatic carbocycles. The van der Waals surface area contributed by atoms with Crippen molar-refractivity contribution in [3.8, 4) is 0 Å². The maximum atomic E-state index is 10.6. The molecule has 0 aromatic rings. The van der Waals surface area contributed by atoms with Crippen molar-refractivity contribution in [2.45, 2.75) is 20.3 Å². The second-order valence-corrected chi connectivity index (χ2v) is 1.92. The van der Waals surface area contributed by atoms with Crippen LogP contribution < -0.4 is 0 Å². The van der Waals surface area contributed by atoms with E-state index in [-0.39, 0.29) is 11.7 Å². The Morgan fingerprint density at radius 3 is 2.50 bits per heavy atom. The zero-order valence-electron chi connectivity index (χ0n) is 5.48. The lowest BCUT2D eigenvalue weighted by Gasteiger charge is -1.99. The molecular weight excluding hydrogens is 100 g/mol. The van der Waals surface area contributed by atoms with Crippen LogP contribution in [0.25, 0.3) is 0 Å². The van der Waals surface area contributed by atoms with Gasteiger partial charge in [-0.2, -0.15) is 0 Å². The molecule has 0 spiro atoms. The Bertz CT molecular complexity index is 94.6. The molecule has 0 rings (SSSR count). The zero-order valence-corrected chi connectivity index (χ0v) is 5.48. The monoisotopic (exact) mass is 112 g/mol. The topological polar surface area (TPSA) is 17.1 Å². The molecule has 0 unspecified atom stereocenters. The van der Waals surface area contributed by atoms with Gasteiger partial charge in [0.15, 0.2) is 5.78 Å². The average Bonchev–Trinajstić information content (AvgIpc) is 1.84. The van der Waals surface area contributed by atoms with Gasteiger partial charge in [-0.3, -0.25) is 4.79 Å². The molecule has 0 N–H and O–H groups in total. The molecular formula is C7H12O. The quantitative estimate of drug-likeness (QED) is 0.509. The van der Waals surface area contributed by atoms with Crippen LogP contribution in [-0.4, -0.2) is 5.78 Å². The van der Waals surface area contributed by atoms with E-state index in [9.17, 15) is 4.79 Å². The molecule has 0 heterocycles. The first kappa shape index (κ1) is 7.41. The highest BCUT2D eigenvalue weighted by Gasteiger charge is 2.03. The van der Waals surface area contributed by atoms with Crippen molar-refractivity contribution >= 4 is 5.78 Å². The maximum Gasteiger partial charge on any atom is 0.157 e. The molecule has 0 saturated heterocycles. The van der Waals surface area contributed by atoms with Gasteiger partial charge in [0.1, 0.15) is 0 Å². The molecule has 0 aromatic heterocycles. The molecule has 0 bridgehead atoms. The number of carbonyl (C=O) groups is 1. The predicted molar refractivity (Wildman–Crippen MR) is 34.7 cm³/mol. The van der Waals surface area contributed by atoms with Gasteiger partial charge in [-0.05, 0) is 12.5 Å². The summed E-state index contributed by atoms with van der Waals surface area (Å²) in [4.78, 5) is 10.6. The highest BCUT2D eigenvalue weighted by atomic mass is 16.1. The molecule has 0 amide bonds. The van der Waals surface area contributed by atoms with Crippen LogP contribution in [0.3, 0.4) is 0 Å². The van der Waals surface area contributed by atoms with Crippen LogP contribution in [0.5, 0.6) is 0 Å². The summed E-state index contributed by atoms with van der Waals surface area (Å²) >= 11 is 0. The molecule has 1 heteroatoms. The van der Waals surface area contributed by atoms with Crippen LogP contribution in [0.15, 0.2) is 12.7 Å². The van der Waals surface area contributed by atoms with Crippen LogP contribution in [0.4, 0.5) is 0 Å². The number of carbonyl (C=O) groups excluding carboxylic acids is 1. The predicted octanol–water partition coefficient (Wildman–Crippen LogP) is 1.79. The molecule has 0 aliphatic rings. The second kappa shape index (κ2) is 3.42. The van der Waals surface area contributed by atoms with Crippen molar-refractivity contribution in [2.24, 2.45) is 5.92 Å². The minimum atomic E-state index is 0.146. The van der Waals surface area contributed by atoms with E-state index in [4.69, 9.17) is 0 Å². The van der Waals surface area contributed by atoms with Gasteiger partial charge in [0.2, 0.25) is 0 Å². The summed E-state index contributed by atoms with van der Waals surface area (Å²) in [6.07, 6.45) is 2.29. The molecule has 8 heavy (non-hydrogen) atoms. The third-order valence-electron chi connectivity index (χ3n) is 1.30. The fourth-order valence-corrected chi connectivity index (χ4v) is 0.402. The number of allylic oxidation sites excluding steroid dienone is 1. The van der Waals surface area contributed by atoms with Gasteiger partial charge in [0, 0.05) is 5.92 Å². The van der Waals surface area contributed by atoms with E-state index < -0.39 is 0 Å². The van der Waals surface area contributed by atoms with Gasteiger partial charge >= 0.3 is 0 Å². The van der Waals surface area contributed by atoms with E-state index in [2.05, 4.69) is 6.58 Å². The van der Waals surface area contributed by atoms with E-state index in [0.717, 1.165) is 6.42 Å². The normalized spacial score (nSPS) is 12.8. The Morgan fingerprint density at radius 2 is 2.38 bits per heavy atom. The summed E-state index contributed by atoms with van der Waals surface area (Å²) in [6, 6.07) is 0. The summed E-state index contributed by atoms with van der Waals surface area (Å²) in [6.45, 7) is 7.28. The summed E-state index contributed by atoms with van der Waals surface area (Å²) in [5, 5.41) is 0. The number of ketones is 1. The first-order valence-electron chi connectivity index (χ1n) is 2.88. The van der Waals surface area contributed by atoms with Crippen molar-refractivity contribution in [1.29, 1.82) is 0 Å². The van der Waals surface area contributed by atoms with Gasteiger partial charge in [0.05, 0.1) is 0 Å². The minimum Gasteiger partial charge on any atom is -0.295 e. The smallest absolute Gasteiger partial charge is 0.157 e. The van der Waals surface area contributed by atoms with E-state index in [1.807, 2.05) is 13.8 Å². The van der Waals surface area contributed by atoms with E-state index in [1.54, 1.807) is 0 Å². The second-order valence-electron chi connectivity index (χ2n) is 1.92. The lowest BCUT2D eigenvalue weighted by atomic mass is 10.0. The fourth-order valence-electron chi connectivity index (χ4n) is 0.402.